The number of aromatic nitrogens is 3. The van der Waals surface area contributed by atoms with Crippen molar-refractivity contribution in [3.8, 4) is 6.01 Å². The van der Waals surface area contributed by atoms with Gasteiger partial charge in [-0.2, -0.15) is 15.0 Å². The molecule has 1 aliphatic heterocycles. The third-order valence-electron chi connectivity index (χ3n) is 4.73. The molecule has 28 heavy (non-hydrogen) atoms. The molecule has 1 aromatic carbocycles. The molecule has 1 fully saturated rings. The van der Waals surface area contributed by atoms with Gasteiger partial charge in [0.1, 0.15) is 0 Å². The molecule has 1 N–H and O–H groups in total. The molecule has 0 saturated carbocycles. The zero-order valence-corrected chi connectivity index (χ0v) is 16.8. The third-order valence-corrected chi connectivity index (χ3v) is 4.73. The van der Waals surface area contributed by atoms with E-state index in [1.165, 1.54) is 12.8 Å². The zero-order chi connectivity index (χ0) is 19.9. The number of hydrogen-bond acceptors (Lipinski definition) is 7. The van der Waals surface area contributed by atoms with Gasteiger partial charge in [-0.1, -0.05) is 25.0 Å². The molecular weight excluding hydrogens is 356 g/mol. The smallest absolute Gasteiger partial charge is 0.322 e. The predicted octanol–water partition coefficient (Wildman–Crippen LogP) is 2.57. The van der Waals surface area contributed by atoms with Gasteiger partial charge in [0.05, 0.1) is 7.11 Å². The number of methoxy groups -OCH3 is 1. The van der Waals surface area contributed by atoms with Crippen molar-refractivity contribution in [3.05, 3.63) is 35.4 Å². The molecule has 8 nitrogen and oxygen atoms in total. The fraction of sp³-hybridized carbons (Fsp3) is 0.500. The number of anilines is 2. The Balaban J connectivity index is 1.69. The van der Waals surface area contributed by atoms with Crippen LogP contribution in [-0.2, 0) is 6.54 Å². The van der Waals surface area contributed by atoms with Crippen LogP contribution >= 0.6 is 0 Å². The first-order valence-electron chi connectivity index (χ1n) is 9.66. The van der Waals surface area contributed by atoms with Crippen molar-refractivity contribution in [3.63, 3.8) is 0 Å². The minimum Gasteiger partial charge on any atom is -0.467 e. The van der Waals surface area contributed by atoms with Crippen LogP contribution in [0.5, 0.6) is 6.01 Å². The van der Waals surface area contributed by atoms with Crippen molar-refractivity contribution in [2.24, 2.45) is 0 Å². The van der Waals surface area contributed by atoms with Crippen molar-refractivity contribution in [2.45, 2.75) is 32.2 Å². The highest BCUT2D eigenvalue weighted by molar-refractivity contribution is 5.93. The van der Waals surface area contributed by atoms with Gasteiger partial charge in [0.15, 0.2) is 0 Å². The van der Waals surface area contributed by atoms with Gasteiger partial charge in [-0.15, -0.1) is 0 Å². The Bertz CT molecular complexity index is 786. The molecule has 8 heteroatoms. The van der Waals surface area contributed by atoms with Crippen LogP contribution in [0.1, 0.15) is 41.6 Å². The number of hydrogen-bond donors (Lipinski definition) is 1. The Kier molecular flexibility index (Phi) is 6.62. The lowest BCUT2D eigenvalue weighted by Gasteiger charge is -2.20. The quantitative estimate of drug-likeness (QED) is 0.819. The van der Waals surface area contributed by atoms with Crippen LogP contribution in [-0.4, -0.2) is 60.1 Å². The summed E-state index contributed by atoms with van der Waals surface area (Å²) in [6.07, 6.45) is 4.79. The fourth-order valence-corrected chi connectivity index (χ4v) is 3.13. The number of carbonyl (C=O) groups is 1. The zero-order valence-electron chi connectivity index (χ0n) is 16.8. The Morgan fingerprint density at radius 1 is 1.07 bits per heavy atom. The Labute approximate surface area is 166 Å². The van der Waals surface area contributed by atoms with Crippen LogP contribution in [0.25, 0.3) is 0 Å². The molecule has 0 radical (unpaired) electrons. The average Bonchev–Trinajstić information content (AvgIpc) is 3.01. The summed E-state index contributed by atoms with van der Waals surface area (Å²) in [6.45, 7) is 2.45. The van der Waals surface area contributed by atoms with Gasteiger partial charge in [0.2, 0.25) is 11.9 Å². The lowest BCUT2D eigenvalue weighted by molar-refractivity contribution is 0.0827. The molecule has 1 aromatic heterocycles. The summed E-state index contributed by atoms with van der Waals surface area (Å²) in [5.74, 6) is 1.13. The lowest BCUT2D eigenvalue weighted by Crippen LogP contribution is -2.26. The summed E-state index contributed by atoms with van der Waals surface area (Å²) in [6, 6.07) is 7.82. The minimum atomic E-state index is -0.0104. The van der Waals surface area contributed by atoms with E-state index in [-0.39, 0.29) is 5.91 Å². The highest BCUT2D eigenvalue weighted by atomic mass is 16.5. The second kappa shape index (κ2) is 9.34. The van der Waals surface area contributed by atoms with Crippen molar-refractivity contribution in [2.75, 3.05) is 44.5 Å². The molecule has 1 aliphatic rings. The highest BCUT2D eigenvalue weighted by Gasteiger charge is 2.16. The normalized spacial score (nSPS) is 14.3. The first kappa shape index (κ1) is 19.9. The van der Waals surface area contributed by atoms with Gasteiger partial charge >= 0.3 is 6.01 Å². The maximum Gasteiger partial charge on any atom is 0.322 e. The van der Waals surface area contributed by atoms with E-state index in [9.17, 15) is 4.79 Å². The van der Waals surface area contributed by atoms with E-state index < -0.39 is 0 Å². The van der Waals surface area contributed by atoms with E-state index in [0.29, 0.717) is 30.0 Å². The molecule has 0 unspecified atom stereocenters. The summed E-state index contributed by atoms with van der Waals surface area (Å²) in [7, 11) is 5.05. The molecule has 2 heterocycles. The lowest BCUT2D eigenvalue weighted by atomic mass is 10.1. The Morgan fingerprint density at radius 2 is 1.75 bits per heavy atom. The molecule has 150 valence electrons. The molecule has 0 atom stereocenters. The minimum absolute atomic E-state index is 0.0104. The van der Waals surface area contributed by atoms with Crippen LogP contribution in [0.2, 0.25) is 0 Å². The molecule has 1 amide bonds. The van der Waals surface area contributed by atoms with Crippen molar-refractivity contribution in [1.82, 2.24) is 19.9 Å². The summed E-state index contributed by atoms with van der Waals surface area (Å²) < 4.78 is 5.26. The maximum absolute atomic E-state index is 12.0. The van der Waals surface area contributed by atoms with Gasteiger partial charge in [0, 0.05) is 39.3 Å². The first-order chi connectivity index (χ1) is 13.6. The average molecular weight is 384 g/mol. The van der Waals surface area contributed by atoms with Gasteiger partial charge in [-0.3, -0.25) is 4.79 Å². The molecule has 2 aromatic rings. The summed E-state index contributed by atoms with van der Waals surface area (Å²) >= 11 is 0. The SMILES string of the molecule is COc1nc(NCc2ccc(C(=O)N(C)C)cc2)nc(N2CCCCCC2)n1. The number of ether oxygens (including phenoxy) is 1. The number of amides is 1. The third kappa shape index (κ3) is 5.09. The fourth-order valence-electron chi connectivity index (χ4n) is 3.13. The van der Waals surface area contributed by atoms with E-state index >= 15 is 0 Å². The van der Waals surface area contributed by atoms with E-state index in [1.54, 1.807) is 26.1 Å². The molecule has 1 saturated heterocycles. The Morgan fingerprint density at radius 3 is 2.36 bits per heavy atom. The second-order valence-corrected chi connectivity index (χ2v) is 7.10. The van der Waals surface area contributed by atoms with Crippen molar-refractivity contribution < 1.29 is 9.53 Å². The standard InChI is InChI=1S/C20H28N6O2/c1-25(2)17(27)16-10-8-15(9-11-16)14-21-18-22-19(24-20(23-18)28-3)26-12-6-4-5-7-13-26/h8-11H,4-7,12-14H2,1-3H3,(H,21,22,23,24). The van der Waals surface area contributed by atoms with Crippen molar-refractivity contribution in [1.29, 1.82) is 0 Å². The van der Waals surface area contributed by atoms with Gasteiger partial charge in [0.25, 0.3) is 5.91 Å². The van der Waals surface area contributed by atoms with Gasteiger partial charge < -0.3 is 19.9 Å². The van der Waals surface area contributed by atoms with Crippen LogP contribution in [0.3, 0.4) is 0 Å². The number of nitrogens with zero attached hydrogens (tertiary/aromatic N) is 5. The molecule has 0 bridgehead atoms. The van der Waals surface area contributed by atoms with Crippen LogP contribution in [0.15, 0.2) is 24.3 Å². The number of carbonyl (C=O) groups excluding carboxylic acids is 1. The second-order valence-electron chi connectivity index (χ2n) is 7.10. The number of nitrogens with one attached hydrogen (secondary N) is 1. The molecule has 3 rings (SSSR count). The number of rotatable bonds is 6. The number of benzene rings is 1. The molecular formula is C20H28N6O2. The predicted molar refractivity (Wildman–Crippen MR) is 109 cm³/mol. The highest BCUT2D eigenvalue weighted by Crippen LogP contribution is 2.19. The molecule has 0 spiro atoms. The Hall–Kier alpha value is -2.90. The topological polar surface area (TPSA) is 83.5 Å². The first-order valence-corrected chi connectivity index (χ1v) is 9.66. The van der Waals surface area contributed by atoms with E-state index in [4.69, 9.17) is 4.74 Å². The van der Waals surface area contributed by atoms with Crippen LogP contribution in [0, 0.1) is 0 Å². The largest absolute Gasteiger partial charge is 0.467 e. The molecule has 0 aliphatic carbocycles. The van der Waals surface area contributed by atoms with E-state index in [0.717, 1.165) is 31.5 Å². The summed E-state index contributed by atoms with van der Waals surface area (Å²) in [5, 5.41) is 3.24. The maximum atomic E-state index is 12.0. The van der Waals surface area contributed by atoms with E-state index in [2.05, 4.69) is 25.2 Å². The summed E-state index contributed by atoms with van der Waals surface area (Å²) in [4.78, 5) is 29.1. The van der Waals surface area contributed by atoms with Gasteiger partial charge in [-0.25, -0.2) is 0 Å². The van der Waals surface area contributed by atoms with Crippen LogP contribution in [0.4, 0.5) is 11.9 Å². The van der Waals surface area contributed by atoms with Crippen molar-refractivity contribution >= 4 is 17.8 Å². The monoisotopic (exact) mass is 384 g/mol. The van der Waals surface area contributed by atoms with E-state index in [1.807, 2.05) is 24.3 Å². The summed E-state index contributed by atoms with van der Waals surface area (Å²) in [5.41, 5.74) is 1.70. The van der Waals surface area contributed by atoms with Gasteiger partial charge in [-0.05, 0) is 30.5 Å². The van der Waals surface area contributed by atoms with Crippen LogP contribution < -0.4 is 15.0 Å².